The van der Waals surface area contributed by atoms with Crippen LogP contribution in [0.1, 0.15) is 29.4 Å². The Labute approximate surface area is 157 Å². The lowest BCUT2D eigenvalue weighted by molar-refractivity contribution is -0.148. The van der Waals surface area contributed by atoms with Gasteiger partial charge in [-0.3, -0.25) is 4.40 Å². The van der Waals surface area contributed by atoms with Crippen LogP contribution in [0.2, 0.25) is 0 Å². The Morgan fingerprint density at radius 1 is 1.19 bits per heavy atom. The van der Waals surface area contributed by atoms with Crippen LogP contribution in [0.5, 0.6) is 0 Å². The Hall–Kier alpha value is -3.61. The number of ether oxygens (including phenoxy) is 2. The molecule has 0 aliphatic rings. The van der Waals surface area contributed by atoms with Gasteiger partial charge in [-0.15, -0.1) is 0 Å². The second-order valence-electron chi connectivity index (χ2n) is 5.58. The maximum atomic E-state index is 11.4. The molecule has 0 saturated carbocycles. The van der Waals surface area contributed by atoms with Gasteiger partial charge in [-0.05, 0) is 43.2 Å². The minimum atomic E-state index is -0.415. The fourth-order valence-electron chi connectivity index (χ4n) is 2.51. The van der Waals surface area contributed by atoms with Gasteiger partial charge in [0.2, 0.25) is 0 Å². The molecular weight excluding hydrogens is 342 g/mol. The first-order chi connectivity index (χ1) is 13.2. The van der Waals surface area contributed by atoms with E-state index in [4.69, 9.17) is 14.7 Å². The van der Waals surface area contributed by atoms with Crippen LogP contribution in [-0.2, 0) is 20.9 Å². The molecule has 0 unspecified atom stereocenters. The van der Waals surface area contributed by atoms with Crippen LogP contribution in [0.3, 0.4) is 0 Å². The maximum absolute atomic E-state index is 11.4. The van der Waals surface area contributed by atoms with E-state index in [9.17, 15) is 4.79 Å². The molecule has 3 aromatic rings. The topological polar surface area (TPSA) is 76.6 Å². The minimum Gasteiger partial charge on any atom is -0.464 e. The highest BCUT2D eigenvalue weighted by Gasteiger charge is 2.11. The summed E-state index contributed by atoms with van der Waals surface area (Å²) in [4.78, 5) is 16.0. The highest BCUT2D eigenvalue weighted by atomic mass is 16.6. The van der Waals surface area contributed by atoms with Crippen LogP contribution in [0.25, 0.3) is 5.65 Å². The molecule has 0 radical (unpaired) electrons. The highest BCUT2D eigenvalue weighted by molar-refractivity contribution is 5.70. The monoisotopic (exact) mass is 359 g/mol. The van der Waals surface area contributed by atoms with E-state index in [2.05, 4.69) is 22.9 Å². The molecule has 6 nitrogen and oxygen atoms in total. The summed E-state index contributed by atoms with van der Waals surface area (Å²) >= 11 is 0. The molecule has 27 heavy (non-hydrogen) atoms. The Kier molecular flexibility index (Phi) is 5.84. The summed E-state index contributed by atoms with van der Waals surface area (Å²) in [6.07, 6.45) is 1.87. The molecule has 2 heterocycles. The zero-order valence-electron chi connectivity index (χ0n) is 14.8. The van der Waals surface area contributed by atoms with Crippen LogP contribution in [-0.4, -0.2) is 28.6 Å². The summed E-state index contributed by atoms with van der Waals surface area (Å²) in [5.74, 6) is 5.76. The number of nitrogens with zero attached hydrogens (tertiary/aromatic N) is 3. The predicted octanol–water partition coefficient (Wildman–Crippen LogP) is 2.69. The Balaban J connectivity index is 1.88. The number of nitriles is 1. The number of fused-ring (bicyclic) bond motifs is 1. The predicted molar refractivity (Wildman–Crippen MR) is 98.6 cm³/mol. The quantitative estimate of drug-likeness (QED) is 0.517. The summed E-state index contributed by atoms with van der Waals surface area (Å²) in [6, 6.07) is 14.8. The zero-order valence-corrected chi connectivity index (χ0v) is 14.8. The lowest BCUT2D eigenvalue weighted by atomic mass is 10.1. The number of imidazole rings is 1. The summed E-state index contributed by atoms with van der Waals surface area (Å²) < 4.78 is 12.1. The molecule has 134 valence electrons. The number of carbonyl (C=O) groups excluding carboxylic acids is 1. The van der Waals surface area contributed by atoms with Crippen LogP contribution < -0.4 is 0 Å². The third-order valence-electron chi connectivity index (χ3n) is 3.68. The normalized spacial score (nSPS) is 10.1. The largest absolute Gasteiger partial charge is 0.464 e. The van der Waals surface area contributed by atoms with Crippen molar-refractivity contribution in [3.8, 4) is 17.9 Å². The van der Waals surface area contributed by atoms with Gasteiger partial charge >= 0.3 is 5.97 Å². The smallest absolute Gasteiger partial charge is 0.332 e. The fourth-order valence-corrected chi connectivity index (χ4v) is 2.51. The molecular formula is C21H17N3O3. The average molecular weight is 359 g/mol. The summed E-state index contributed by atoms with van der Waals surface area (Å²) in [5.41, 5.74) is 3.34. The van der Waals surface area contributed by atoms with Crippen molar-refractivity contribution >= 4 is 11.6 Å². The van der Waals surface area contributed by atoms with Gasteiger partial charge < -0.3 is 9.47 Å². The van der Waals surface area contributed by atoms with Gasteiger partial charge in [0, 0.05) is 11.8 Å². The number of benzene rings is 1. The first-order valence-corrected chi connectivity index (χ1v) is 8.42. The van der Waals surface area contributed by atoms with E-state index in [1.807, 2.05) is 34.9 Å². The molecule has 0 spiro atoms. The van der Waals surface area contributed by atoms with Crippen molar-refractivity contribution in [2.75, 3.05) is 13.2 Å². The lowest BCUT2D eigenvalue weighted by Crippen LogP contribution is -2.12. The zero-order chi connectivity index (χ0) is 19.1. The van der Waals surface area contributed by atoms with E-state index in [1.54, 1.807) is 25.1 Å². The molecule has 6 heteroatoms. The third kappa shape index (κ3) is 4.52. The van der Waals surface area contributed by atoms with Gasteiger partial charge in [0.25, 0.3) is 0 Å². The van der Waals surface area contributed by atoms with Crippen molar-refractivity contribution in [2.24, 2.45) is 0 Å². The van der Waals surface area contributed by atoms with Crippen LogP contribution in [0.15, 0.2) is 48.7 Å². The number of hydrogen-bond acceptors (Lipinski definition) is 5. The van der Waals surface area contributed by atoms with Crippen molar-refractivity contribution in [1.82, 2.24) is 9.38 Å². The minimum absolute atomic E-state index is 0.140. The van der Waals surface area contributed by atoms with Gasteiger partial charge in [-0.25, -0.2) is 9.78 Å². The number of esters is 1. The number of aromatic nitrogens is 2. The van der Waals surface area contributed by atoms with Crippen LogP contribution >= 0.6 is 0 Å². The van der Waals surface area contributed by atoms with Gasteiger partial charge in [-0.2, -0.15) is 5.26 Å². The second kappa shape index (κ2) is 8.66. The second-order valence-corrected chi connectivity index (χ2v) is 5.58. The van der Waals surface area contributed by atoms with E-state index < -0.39 is 5.97 Å². The van der Waals surface area contributed by atoms with E-state index >= 15 is 0 Å². The van der Waals surface area contributed by atoms with E-state index in [-0.39, 0.29) is 13.2 Å². The van der Waals surface area contributed by atoms with Gasteiger partial charge in [0.15, 0.2) is 0 Å². The highest BCUT2D eigenvalue weighted by Crippen LogP contribution is 2.13. The molecule has 0 N–H and O–H groups in total. The molecule has 0 aliphatic heterocycles. The van der Waals surface area contributed by atoms with E-state index in [0.717, 1.165) is 11.2 Å². The molecule has 1 aromatic carbocycles. The first kappa shape index (κ1) is 18.2. The maximum Gasteiger partial charge on any atom is 0.332 e. The summed E-state index contributed by atoms with van der Waals surface area (Å²) in [6.45, 7) is 2.06. The van der Waals surface area contributed by atoms with Crippen molar-refractivity contribution in [3.63, 3.8) is 0 Å². The molecule has 2 aromatic heterocycles. The molecule has 0 amide bonds. The number of rotatable bonds is 5. The number of carbonyl (C=O) groups is 1. The Morgan fingerprint density at radius 3 is 2.85 bits per heavy atom. The number of hydrogen-bond donors (Lipinski definition) is 0. The Bertz CT molecular complexity index is 1070. The summed E-state index contributed by atoms with van der Waals surface area (Å²) in [5, 5.41) is 9.01. The lowest BCUT2D eigenvalue weighted by Gasteiger charge is -2.03. The van der Waals surface area contributed by atoms with Crippen LogP contribution in [0.4, 0.5) is 0 Å². The SMILES string of the molecule is CCOC(=O)COCc1nc2ccccn2c1C#Cc1cccc(C#N)c1. The van der Waals surface area contributed by atoms with E-state index in [1.165, 1.54) is 0 Å². The molecule has 0 atom stereocenters. The van der Waals surface area contributed by atoms with E-state index in [0.29, 0.717) is 23.6 Å². The molecule has 0 fully saturated rings. The molecule has 3 rings (SSSR count). The molecule has 0 saturated heterocycles. The van der Waals surface area contributed by atoms with Crippen molar-refractivity contribution in [2.45, 2.75) is 13.5 Å². The fraction of sp³-hybridized carbons (Fsp3) is 0.190. The third-order valence-corrected chi connectivity index (χ3v) is 3.68. The van der Waals surface area contributed by atoms with Crippen molar-refractivity contribution in [1.29, 1.82) is 5.26 Å². The molecule has 0 aliphatic carbocycles. The van der Waals surface area contributed by atoms with Crippen LogP contribution in [0, 0.1) is 23.2 Å². The van der Waals surface area contributed by atoms with Crippen molar-refractivity contribution in [3.05, 3.63) is 71.2 Å². The number of pyridine rings is 1. The first-order valence-electron chi connectivity index (χ1n) is 8.42. The van der Waals surface area contributed by atoms with Gasteiger partial charge in [0.1, 0.15) is 23.6 Å². The Morgan fingerprint density at radius 2 is 2.04 bits per heavy atom. The average Bonchev–Trinajstić information content (AvgIpc) is 3.04. The van der Waals surface area contributed by atoms with Gasteiger partial charge in [-0.1, -0.05) is 18.1 Å². The van der Waals surface area contributed by atoms with Crippen molar-refractivity contribution < 1.29 is 14.3 Å². The summed E-state index contributed by atoms with van der Waals surface area (Å²) in [7, 11) is 0. The standard InChI is InChI=1S/C21H17N3O3/c1-2-27-21(25)15-26-14-18-19(24-11-4-3-8-20(24)23-18)10-9-16-6-5-7-17(12-16)13-22/h3-8,11-12H,2,14-15H2,1H3. The van der Waals surface area contributed by atoms with Gasteiger partial charge in [0.05, 0.1) is 24.8 Å². The molecule has 0 bridgehead atoms.